The highest BCUT2D eigenvalue weighted by molar-refractivity contribution is 6.09. The van der Waals surface area contributed by atoms with Gasteiger partial charge in [-0.1, -0.05) is 90.1 Å². The van der Waals surface area contributed by atoms with E-state index in [2.05, 4.69) is 52.2 Å². The van der Waals surface area contributed by atoms with Crippen molar-refractivity contribution >= 4 is 34.0 Å². The molecule has 0 saturated heterocycles. The van der Waals surface area contributed by atoms with Crippen LogP contribution in [-0.2, 0) is 20.4 Å². The normalized spacial score (nSPS) is 11.7. The molecule has 220 valence electrons. The minimum absolute atomic E-state index is 0.0909. The van der Waals surface area contributed by atoms with E-state index in [0.29, 0.717) is 22.9 Å². The highest BCUT2D eigenvalue weighted by Crippen LogP contribution is 2.31. The Hall–Kier alpha value is -4.32. The van der Waals surface area contributed by atoms with Gasteiger partial charge in [-0.3, -0.25) is 9.59 Å². The van der Waals surface area contributed by atoms with Gasteiger partial charge in [0, 0.05) is 22.1 Å². The van der Waals surface area contributed by atoms with Crippen molar-refractivity contribution in [3.8, 4) is 11.5 Å². The van der Waals surface area contributed by atoms with E-state index < -0.39 is 0 Å². The molecule has 0 heterocycles. The van der Waals surface area contributed by atoms with Crippen LogP contribution in [-0.4, -0.2) is 25.0 Å². The van der Waals surface area contributed by atoms with E-state index in [-0.39, 0.29) is 35.9 Å². The molecule has 0 radical (unpaired) electrons. The third-order valence-corrected chi connectivity index (χ3v) is 8.25. The fourth-order valence-electron chi connectivity index (χ4n) is 4.61. The number of rotatable bonds is 12. The molecule has 0 aliphatic heterocycles. The minimum atomic E-state index is -0.267. The molecule has 0 aliphatic rings. The molecule has 0 atom stereocenters. The number of nitrogens with one attached hydrogen (secondary N) is 2. The third kappa shape index (κ3) is 7.49. The van der Waals surface area contributed by atoms with Gasteiger partial charge in [-0.2, -0.15) is 0 Å². The summed E-state index contributed by atoms with van der Waals surface area (Å²) in [5, 5.41) is 7.51. The summed E-state index contributed by atoms with van der Waals surface area (Å²) in [6.07, 6.45) is 2.07. The van der Waals surface area contributed by atoms with Crippen LogP contribution >= 0.6 is 0 Å². The van der Waals surface area contributed by atoms with Crippen molar-refractivity contribution in [2.75, 3.05) is 23.8 Å². The van der Waals surface area contributed by atoms with Crippen LogP contribution in [0.15, 0.2) is 84.9 Å². The van der Waals surface area contributed by atoms with Crippen LogP contribution in [0.3, 0.4) is 0 Å². The fourth-order valence-corrected chi connectivity index (χ4v) is 4.61. The zero-order valence-corrected chi connectivity index (χ0v) is 25.5. The van der Waals surface area contributed by atoms with Gasteiger partial charge in [0.05, 0.1) is 0 Å². The number of hydrogen-bond acceptors (Lipinski definition) is 4. The maximum absolute atomic E-state index is 12.8. The van der Waals surface area contributed by atoms with E-state index in [1.54, 1.807) is 0 Å². The molecule has 2 amide bonds. The van der Waals surface area contributed by atoms with Crippen LogP contribution in [0.4, 0.5) is 11.4 Å². The lowest BCUT2D eigenvalue weighted by atomic mass is 9.82. The van der Waals surface area contributed by atoms with Crippen molar-refractivity contribution in [1.29, 1.82) is 0 Å². The van der Waals surface area contributed by atoms with Crippen LogP contribution < -0.4 is 20.1 Å². The van der Waals surface area contributed by atoms with Crippen LogP contribution in [0.2, 0.25) is 0 Å². The second-order valence-electron chi connectivity index (χ2n) is 11.9. The molecule has 4 rings (SSSR count). The van der Waals surface area contributed by atoms with Crippen molar-refractivity contribution in [1.82, 2.24) is 0 Å². The molecule has 4 aromatic rings. The van der Waals surface area contributed by atoms with Gasteiger partial charge in [0.1, 0.15) is 11.5 Å². The van der Waals surface area contributed by atoms with Gasteiger partial charge in [-0.25, -0.2) is 0 Å². The van der Waals surface area contributed by atoms with Crippen molar-refractivity contribution in [3.05, 3.63) is 96.1 Å². The molecule has 2 N–H and O–H groups in total. The van der Waals surface area contributed by atoms with E-state index in [9.17, 15) is 9.59 Å². The number of carbonyl (C=O) groups is 2. The smallest absolute Gasteiger partial charge is 0.262 e. The van der Waals surface area contributed by atoms with Crippen molar-refractivity contribution < 1.29 is 19.1 Å². The summed E-state index contributed by atoms with van der Waals surface area (Å²) < 4.78 is 11.5. The summed E-state index contributed by atoms with van der Waals surface area (Å²) in [6.45, 7) is 12.9. The molecule has 0 bridgehead atoms. The Balaban J connectivity index is 1.36. The van der Waals surface area contributed by atoms with Crippen molar-refractivity contribution in [2.45, 2.75) is 65.2 Å². The summed E-state index contributed by atoms with van der Waals surface area (Å²) in [7, 11) is 0. The van der Waals surface area contributed by atoms with Gasteiger partial charge in [-0.05, 0) is 71.2 Å². The molecule has 0 unspecified atom stereocenters. The number of amides is 2. The Bertz CT molecular complexity index is 1410. The highest BCUT2D eigenvalue weighted by Gasteiger charge is 2.19. The molecular formula is C36H42N2O4. The molecule has 4 aromatic carbocycles. The van der Waals surface area contributed by atoms with Crippen molar-refractivity contribution in [2.24, 2.45) is 0 Å². The number of carbonyl (C=O) groups excluding carboxylic acids is 2. The summed E-state index contributed by atoms with van der Waals surface area (Å²) in [6, 6.07) is 27.0. The molecule has 0 aliphatic carbocycles. The molecule has 0 saturated carbocycles. The summed E-state index contributed by atoms with van der Waals surface area (Å²) in [5.41, 5.74) is 3.93. The fraction of sp³-hybridized carbons (Fsp3) is 0.333. The van der Waals surface area contributed by atoms with Gasteiger partial charge in [0.25, 0.3) is 11.8 Å². The number of anilines is 2. The first-order valence-electron chi connectivity index (χ1n) is 14.6. The second kappa shape index (κ2) is 13.1. The summed E-state index contributed by atoms with van der Waals surface area (Å²) in [4.78, 5) is 25.5. The lowest BCUT2D eigenvalue weighted by molar-refractivity contribution is -0.118. The maximum Gasteiger partial charge on any atom is 0.262 e. The largest absolute Gasteiger partial charge is 0.484 e. The van der Waals surface area contributed by atoms with Crippen molar-refractivity contribution in [3.63, 3.8) is 0 Å². The van der Waals surface area contributed by atoms with Crippen LogP contribution in [0, 0.1) is 0 Å². The van der Waals surface area contributed by atoms with Crippen LogP contribution in [0.1, 0.15) is 65.5 Å². The van der Waals surface area contributed by atoms with E-state index in [1.165, 1.54) is 11.1 Å². The van der Waals surface area contributed by atoms with Gasteiger partial charge >= 0.3 is 0 Å². The monoisotopic (exact) mass is 566 g/mol. The first-order chi connectivity index (χ1) is 20.0. The molecule has 0 spiro atoms. The lowest BCUT2D eigenvalue weighted by Crippen LogP contribution is -2.21. The number of hydrogen-bond donors (Lipinski definition) is 2. The summed E-state index contributed by atoms with van der Waals surface area (Å²) >= 11 is 0. The number of fused-ring (bicyclic) bond motifs is 1. The Labute approximate surface area is 249 Å². The van der Waals surface area contributed by atoms with Gasteiger partial charge in [0.15, 0.2) is 13.2 Å². The summed E-state index contributed by atoms with van der Waals surface area (Å²) in [5.74, 6) is 0.756. The Morgan fingerprint density at radius 3 is 1.26 bits per heavy atom. The Morgan fingerprint density at radius 2 is 0.929 bits per heavy atom. The quantitative estimate of drug-likeness (QED) is 0.181. The Morgan fingerprint density at radius 1 is 0.571 bits per heavy atom. The first kappa shape index (κ1) is 30.6. The van der Waals surface area contributed by atoms with E-state index in [4.69, 9.17) is 9.47 Å². The molecule has 6 nitrogen and oxygen atoms in total. The SMILES string of the molecule is CCC(C)(C)c1ccc(OCC(=O)Nc2cccc3c(NC(=O)COc4ccc(C(C)(C)CC)cc4)cccc23)cc1. The standard InChI is InChI=1S/C36H42N2O4/c1-7-35(3,4)25-15-19-27(20-16-25)41-23-33(39)37-31-13-9-12-30-29(31)11-10-14-32(30)38-34(40)24-42-28-21-17-26(18-22-28)36(5,6)8-2/h9-22H,7-8,23-24H2,1-6H3,(H,37,39)(H,38,40). The first-order valence-corrected chi connectivity index (χ1v) is 14.6. The van der Waals surface area contributed by atoms with E-state index in [0.717, 1.165) is 23.6 Å². The predicted molar refractivity (Wildman–Crippen MR) is 172 cm³/mol. The van der Waals surface area contributed by atoms with Gasteiger partial charge in [0.2, 0.25) is 0 Å². The van der Waals surface area contributed by atoms with Gasteiger partial charge < -0.3 is 20.1 Å². The topological polar surface area (TPSA) is 76.7 Å². The number of benzene rings is 4. The van der Waals surface area contributed by atoms with E-state index >= 15 is 0 Å². The third-order valence-electron chi connectivity index (χ3n) is 8.25. The molecule has 42 heavy (non-hydrogen) atoms. The average Bonchev–Trinajstić information content (AvgIpc) is 3.00. The molecular weight excluding hydrogens is 524 g/mol. The Kier molecular flexibility index (Phi) is 9.56. The van der Waals surface area contributed by atoms with Gasteiger partial charge in [-0.15, -0.1) is 0 Å². The number of ether oxygens (including phenoxy) is 2. The zero-order chi connectivity index (χ0) is 30.3. The van der Waals surface area contributed by atoms with E-state index in [1.807, 2.05) is 84.9 Å². The minimum Gasteiger partial charge on any atom is -0.484 e. The molecule has 6 heteroatoms. The zero-order valence-electron chi connectivity index (χ0n) is 25.5. The predicted octanol–water partition coefficient (Wildman–Crippen LogP) is 8.25. The molecule has 0 aromatic heterocycles. The second-order valence-corrected chi connectivity index (χ2v) is 11.9. The van der Waals surface area contributed by atoms with Crippen LogP contribution in [0.5, 0.6) is 11.5 Å². The average molecular weight is 567 g/mol. The maximum atomic E-state index is 12.8. The van der Waals surface area contributed by atoms with Crippen LogP contribution in [0.25, 0.3) is 10.8 Å². The highest BCUT2D eigenvalue weighted by atomic mass is 16.5. The molecule has 0 fully saturated rings. The lowest BCUT2D eigenvalue weighted by Gasteiger charge is -2.23.